The summed E-state index contributed by atoms with van der Waals surface area (Å²) in [6, 6.07) is 10.1. The standard InChI is InChI=1S/C20H21N5OS/c1-13-16(12-21)27-20-17(13)19(25-10-8-24(2)9-11-25)22-18(23-20)14-4-6-15(26-3)7-5-14/h4-7H,8-11H2,1-3H3. The summed E-state index contributed by atoms with van der Waals surface area (Å²) >= 11 is 1.45. The molecule has 0 N–H and O–H groups in total. The van der Waals surface area contributed by atoms with E-state index < -0.39 is 0 Å². The normalized spacial score (nSPS) is 15.1. The Morgan fingerprint density at radius 3 is 2.44 bits per heavy atom. The molecule has 1 fully saturated rings. The molecule has 0 spiro atoms. The number of hydrogen-bond acceptors (Lipinski definition) is 7. The molecule has 0 radical (unpaired) electrons. The van der Waals surface area contributed by atoms with Crippen LogP contribution < -0.4 is 9.64 Å². The number of nitrogens with zero attached hydrogens (tertiary/aromatic N) is 5. The highest BCUT2D eigenvalue weighted by molar-refractivity contribution is 7.19. The number of ether oxygens (including phenoxy) is 1. The van der Waals surface area contributed by atoms with Crippen molar-refractivity contribution >= 4 is 27.4 Å². The molecule has 1 aliphatic rings. The molecule has 4 rings (SSSR count). The Kier molecular flexibility index (Phi) is 4.68. The first-order chi connectivity index (χ1) is 13.1. The van der Waals surface area contributed by atoms with E-state index in [9.17, 15) is 5.26 Å². The number of anilines is 1. The van der Waals surface area contributed by atoms with E-state index in [4.69, 9.17) is 14.7 Å². The van der Waals surface area contributed by atoms with Gasteiger partial charge in [-0.25, -0.2) is 9.97 Å². The smallest absolute Gasteiger partial charge is 0.163 e. The van der Waals surface area contributed by atoms with Gasteiger partial charge in [0.05, 0.1) is 12.5 Å². The summed E-state index contributed by atoms with van der Waals surface area (Å²) in [6.07, 6.45) is 0. The number of aromatic nitrogens is 2. The summed E-state index contributed by atoms with van der Waals surface area (Å²) in [5, 5.41) is 10.5. The third kappa shape index (κ3) is 3.22. The maximum absolute atomic E-state index is 9.48. The van der Waals surface area contributed by atoms with Gasteiger partial charge < -0.3 is 14.5 Å². The molecule has 3 heterocycles. The molecule has 3 aromatic rings. The van der Waals surface area contributed by atoms with Crippen LogP contribution in [0.1, 0.15) is 10.4 Å². The molecule has 0 atom stereocenters. The van der Waals surface area contributed by atoms with Gasteiger partial charge >= 0.3 is 0 Å². The van der Waals surface area contributed by atoms with Crippen molar-refractivity contribution in [2.75, 3.05) is 45.2 Å². The van der Waals surface area contributed by atoms with E-state index in [1.54, 1.807) is 7.11 Å². The summed E-state index contributed by atoms with van der Waals surface area (Å²) in [7, 11) is 3.79. The van der Waals surface area contributed by atoms with Crippen molar-refractivity contribution in [1.82, 2.24) is 14.9 Å². The first-order valence-electron chi connectivity index (χ1n) is 8.90. The lowest BCUT2D eigenvalue weighted by Crippen LogP contribution is -2.45. The fraction of sp³-hybridized carbons (Fsp3) is 0.350. The minimum Gasteiger partial charge on any atom is -0.497 e. The van der Waals surface area contributed by atoms with Gasteiger partial charge in [0.15, 0.2) is 5.82 Å². The number of piperazine rings is 1. The van der Waals surface area contributed by atoms with Gasteiger partial charge in [-0.3, -0.25) is 0 Å². The molecule has 7 heteroatoms. The molecule has 1 saturated heterocycles. The van der Waals surface area contributed by atoms with Crippen LogP contribution in [0.5, 0.6) is 5.75 Å². The fourth-order valence-corrected chi connectivity index (χ4v) is 4.31. The van der Waals surface area contributed by atoms with E-state index in [0.717, 1.165) is 59.1 Å². The lowest BCUT2D eigenvalue weighted by Gasteiger charge is -2.33. The maximum Gasteiger partial charge on any atom is 0.163 e. The minimum absolute atomic E-state index is 0.685. The number of thiophene rings is 1. The van der Waals surface area contributed by atoms with Crippen LogP contribution in [0.25, 0.3) is 21.6 Å². The Hall–Kier alpha value is -2.69. The van der Waals surface area contributed by atoms with Crippen molar-refractivity contribution in [2.24, 2.45) is 0 Å². The van der Waals surface area contributed by atoms with Crippen molar-refractivity contribution in [3.63, 3.8) is 0 Å². The van der Waals surface area contributed by atoms with E-state index in [2.05, 4.69) is 22.9 Å². The number of hydrogen-bond donors (Lipinski definition) is 0. The molecule has 1 aliphatic heterocycles. The Morgan fingerprint density at radius 2 is 1.81 bits per heavy atom. The van der Waals surface area contributed by atoms with Crippen LogP contribution in [0.15, 0.2) is 24.3 Å². The lowest BCUT2D eigenvalue weighted by atomic mass is 10.1. The summed E-state index contributed by atoms with van der Waals surface area (Å²) in [4.78, 5) is 15.9. The van der Waals surface area contributed by atoms with Crippen LogP contribution in [0.2, 0.25) is 0 Å². The molecule has 0 unspecified atom stereocenters. The summed E-state index contributed by atoms with van der Waals surface area (Å²) in [5.74, 6) is 2.43. The Bertz CT molecular complexity index is 1010. The second-order valence-electron chi connectivity index (χ2n) is 6.74. The number of nitriles is 1. The van der Waals surface area contributed by atoms with E-state index in [0.29, 0.717) is 10.7 Å². The SMILES string of the molecule is COc1ccc(-c2nc(N3CCN(C)CC3)c3c(C)c(C#N)sc3n2)cc1. The first-order valence-corrected chi connectivity index (χ1v) is 9.71. The molecule has 0 amide bonds. The van der Waals surface area contributed by atoms with Crippen molar-refractivity contribution in [3.8, 4) is 23.2 Å². The van der Waals surface area contributed by atoms with Gasteiger partial charge in [0, 0.05) is 31.7 Å². The Morgan fingerprint density at radius 1 is 1.11 bits per heavy atom. The van der Waals surface area contributed by atoms with E-state index in [-0.39, 0.29) is 0 Å². The zero-order chi connectivity index (χ0) is 19.0. The van der Waals surface area contributed by atoms with E-state index >= 15 is 0 Å². The highest BCUT2D eigenvalue weighted by Gasteiger charge is 2.23. The number of fused-ring (bicyclic) bond motifs is 1. The third-order valence-electron chi connectivity index (χ3n) is 5.02. The van der Waals surface area contributed by atoms with Gasteiger partial charge in [-0.15, -0.1) is 11.3 Å². The molecule has 0 aliphatic carbocycles. The molecular weight excluding hydrogens is 358 g/mol. The topological polar surface area (TPSA) is 65.3 Å². The number of rotatable bonds is 3. The largest absolute Gasteiger partial charge is 0.497 e. The predicted molar refractivity (Wildman–Crippen MR) is 109 cm³/mol. The molecule has 1 aromatic carbocycles. The van der Waals surface area contributed by atoms with Gasteiger partial charge in [0.2, 0.25) is 0 Å². The van der Waals surface area contributed by atoms with Gasteiger partial charge in [-0.1, -0.05) is 0 Å². The second kappa shape index (κ2) is 7.14. The molecule has 2 aromatic heterocycles. The summed E-state index contributed by atoms with van der Waals surface area (Å²) in [6.45, 7) is 5.83. The van der Waals surface area contributed by atoms with Crippen molar-refractivity contribution in [2.45, 2.75) is 6.92 Å². The molecule has 0 bridgehead atoms. The third-order valence-corrected chi connectivity index (χ3v) is 6.11. The molecule has 6 nitrogen and oxygen atoms in total. The maximum atomic E-state index is 9.48. The quantitative estimate of drug-likeness (QED) is 0.696. The van der Waals surface area contributed by atoms with Gasteiger partial charge in [0.25, 0.3) is 0 Å². The monoisotopic (exact) mass is 379 g/mol. The number of benzene rings is 1. The van der Waals surface area contributed by atoms with Crippen LogP contribution in [0, 0.1) is 18.3 Å². The highest BCUT2D eigenvalue weighted by atomic mass is 32.1. The van der Waals surface area contributed by atoms with Gasteiger partial charge in [-0.2, -0.15) is 5.26 Å². The molecule has 27 heavy (non-hydrogen) atoms. The Labute approximate surface area is 162 Å². The predicted octanol–water partition coefficient (Wildman–Crippen LogP) is 3.30. The number of aryl methyl sites for hydroxylation is 1. The second-order valence-corrected chi connectivity index (χ2v) is 7.74. The van der Waals surface area contributed by atoms with Crippen LogP contribution in [0.3, 0.4) is 0 Å². The number of methoxy groups -OCH3 is 1. The lowest BCUT2D eigenvalue weighted by molar-refractivity contribution is 0.312. The van der Waals surface area contributed by atoms with Gasteiger partial charge in [-0.05, 0) is 43.8 Å². The van der Waals surface area contributed by atoms with Crippen molar-refractivity contribution in [1.29, 1.82) is 5.26 Å². The molecular formula is C20H21N5OS. The van der Waals surface area contributed by atoms with Crippen LogP contribution in [0.4, 0.5) is 5.82 Å². The van der Waals surface area contributed by atoms with Crippen LogP contribution >= 0.6 is 11.3 Å². The highest BCUT2D eigenvalue weighted by Crippen LogP contribution is 2.37. The van der Waals surface area contributed by atoms with Gasteiger partial charge in [0.1, 0.15) is 27.3 Å². The molecule has 138 valence electrons. The van der Waals surface area contributed by atoms with E-state index in [1.165, 1.54) is 11.3 Å². The zero-order valence-corrected chi connectivity index (χ0v) is 16.5. The number of likely N-dealkylation sites (N-methyl/N-ethyl adjacent to an activating group) is 1. The van der Waals surface area contributed by atoms with Crippen LogP contribution in [-0.2, 0) is 0 Å². The minimum atomic E-state index is 0.685. The average Bonchev–Trinajstić information content (AvgIpc) is 3.04. The average molecular weight is 379 g/mol. The van der Waals surface area contributed by atoms with Crippen molar-refractivity contribution in [3.05, 3.63) is 34.7 Å². The van der Waals surface area contributed by atoms with E-state index in [1.807, 2.05) is 31.2 Å². The first kappa shape index (κ1) is 17.7. The molecule has 0 saturated carbocycles. The van der Waals surface area contributed by atoms with Crippen LogP contribution in [-0.4, -0.2) is 55.2 Å². The summed E-state index contributed by atoms with van der Waals surface area (Å²) in [5.41, 5.74) is 1.92. The Balaban J connectivity index is 1.87. The zero-order valence-electron chi connectivity index (χ0n) is 15.7. The fourth-order valence-electron chi connectivity index (χ4n) is 3.34. The summed E-state index contributed by atoms with van der Waals surface area (Å²) < 4.78 is 5.25. The van der Waals surface area contributed by atoms with Crippen molar-refractivity contribution < 1.29 is 4.74 Å².